The van der Waals surface area contributed by atoms with Crippen LogP contribution >= 0.6 is 0 Å². The lowest BCUT2D eigenvalue weighted by molar-refractivity contribution is -0.181. The van der Waals surface area contributed by atoms with Gasteiger partial charge in [0.15, 0.2) is 12.2 Å². The molecule has 2 unspecified atom stereocenters. The first kappa shape index (κ1) is 13.2. The maximum Gasteiger partial charge on any atom is 0.338 e. The molecule has 2 fully saturated rings. The van der Waals surface area contributed by atoms with Gasteiger partial charge in [-0.05, 0) is 0 Å². The highest BCUT2D eigenvalue weighted by molar-refractivity contribution is 5.85. The Kier molecular flexibility index (Phi) is 4.12. The zero-order chi connectivity index (χ0) is 13.1. The Balaban J connectivity index is 1.76. The third kappa shape index (κ3) is 2.96. The van der Waals surface area contributed by atoms with Gasteiger partial charge in [0, 0.05) is 26.2 Å². The minimum absolute atomic E-state index is 0.314. The molecule has 0 radical (unpaired) electrons. The standard InChI is InChI=1S/C10H16N2O6/c13-7(9(15)17-5-1-11-2-5)8(14)10(16)18-6-3-12-4-6/h5-8,11-14H,1-4H2. The molecule has 8 nitrogen and oxygen atoms in total. The summed E-state index contributed by atoms with van der Waals surface area (Å²) < 4.78 is 9.67. The van der Waals surface area contributed by atoms with Crippen LogP contribution in [-0.2, 0) is 19.1 Å². The Morgan fingerprint density at radius 3 is 1.44 bits per heavy atom. The number of ether oxygens (including phenoxy) is 2. The highest BCUT2D eigenvalue weighted by Crippen LogP contribution is 2.07. The van der Waals surface area contributed by atoms with Crippen molar-refractivity contribution in [1.29, 1.82) is 0 Å². The second kappa shape index (κ2) is 5.61. The van der Waals surface area contributed by atoms with Gasteiger partial charge in [-0.15, -0.1) is 0 Å². The second-order valence-corrected chi connectivity index (χ2v) is 4.32. The number of aliphatic hydroxyl groups excluding tert-OH is 2. The van der Waals surface area contributed by atoms with Crippen molar-refractivity contribution in [2.75, 3.05) is 26.2 Å². The Bertz CT molecular complexity index is 296. The van der Waals surface area contributed by atoms with Crippen molar-refractivity contribution >= 4 is 11.9 Å². The number of rotatable bonds is 5. The smallest absolute Gasteiger partial charge is 0.338 e. The molecule has 2 aliphatic heterocycles. The highest BCUT2D eigenvalue weighted by atomic mass is 16.6. The molecular weight excluding hydrogens is 244 g/mol. The molecule has 0 aromatic carbocycles. The summed E-state index contributed by atoms with van der Waals surface area (Å²) in [6.07, 6.45) is -4.45. The van der Waals surface area contributed by atoms with Gasteiger partial charge in [0.2, 0.25) is 0 Å². The lowest BCUT2D eigenvalue weighted by Crippen LogP contribution is -2.54. The molecule has 102 valence electrons. The minimum atomic E-state index is -1.91. The van der Waals surface area contributed by atoms with Crippen LogP contribution in [0.25, 0.3) is 0 Å². The number of carbonyl (C=O) groups excluding carboxylic acids is 2. The molecular formula is C10H16N2O6. The fourth-order valence-corrected chi connectivity index (χ4v) is 1.42. The molecule has 0 aromatic rings. The van der Waals surface area contributed by atoms with Crippen LogP contribution in [0.5, 0.6) is 0 Å². The molecule has 0 saturated carbocycles. The normalized spacial score (nSPS) is 23.4. The number of aliphatic hydroxyl groups is 2. The van der Waals surface area contributed by atoms with Crippen molar-refractivity contribution < 1.29 is 29.3 Å². The average molecular weight is 260 g/mol. The van der Waals surface area contributed by atoms with Crippen LogP contribution in [-0.4, -0.2) is 72.7 Å². The summed E-state index contributed by atoms with van der Waals surface area (Å²) in [7, 11) is 0. The van der Waals surface area contributed by atoms with Crippen molar-refractivity contribution in [3.05, 3.63) is 0 Å². The van der Waals surface area contributed by atoms with E-state index in [1.807, 2.05) is 0 Å². The second-order valence-electron chi connectivity index (χ2n) is 4.32. The van der Waals surface area contributed by atoms with Gasteiger partial charge in [-0.1, -0.05) is 0 Å². The monoisotopic (exact) mass is 260 g/mol. The summed E-state index contributed by atoms with van der Waals surface area (Å²) in [5, 5.41) is 24.7. The molecule has 2 saturated heterocycles. The van der Waals surface area contributed by atoms with Gasteiger partial charge in [-0.25, -0.2) is 9.59 Å². The van der Waals surface area contributed by atoms with Gasteiger partial charge >= 0.3 is 11.9 Å². The fourth-order valence-electron chi connectivity index (χ4n) is 1.42. The quantitative estimate of drug-likeness (QED) is 0.381. The van der Waals surface area contributed by atoms with Crippen LogP contribution in [0.15, 0.2) is 0 Å². The average Bonchev–Trinajstić information content (AvgIpc) is 2.25. The molecule has 0 bridgehead atoms. The molecule has 2 heterocycles. The highest BCUT2D eigenvalue weighted by Gasteiger charge is 2.36. The molecule has 2 rings (SSSR count). The van der Waals surface area contributed by atoms with Crippen molar-refractivity contribution in [2.24, 2.45) is 0 Å². The maximum absolute atomic E-state index is 11.4. The van der Waals surface area contributed by atoms with Crippen LogP contribution in [0.4, 0.5) is 0 Å². The molecule has 0 amide bonds. The summed E-state index contributed by atoms with van der Waals surface area (Å²) in [4.78, 5) is 22.8. The molecule has 0 spiro atoms. The van der Waals surface area contributed by atoms with Crippen molar-refractivity contribution in [2.45, 2.75) is 24.4 Å². The molecule has 0 aliphatic carbocycles. The molecule has 2 atom stereocenters. The summed E-state index contributed by atoms with van der Waals surface area (Å²) in [6, 6.07) is 0. The largest absolute Gasteiger partial charge is 0.458 e. The van der Waals surface area contributed by atoms with Crippen LogP contribution in [0, 0.1) is 0 Å². The minimum Gasteiger partial charge on any atom is -0.458 e. The summed E-state index contributed by atoms with van der Waals surface area (Å²) >= 11 is 0. The van der Waals surface area contributed by atoms with Gasteiger partial charge in [0.25, 0.3) is 0 Å². The number of esters is 2. The fraction of sp³-hybridized carbons (Fsp3) is 0.800. The van der Waals surface area contributed by atoms with E-state index in [4.69, 9.17) is 9.47 Å². The Morgan fingerprint density at radius 1 is 0.889 bits per heavy atom. The van der Waals surface area contributed by atoms with Gasteiger partial charge < -0.3 is 30.3 Å². The molecule has 8 heteroatoms. The first-order valence-electron chi connectivity index (χ1n) is 5.76. The summed E-state index contributed by atoms with van der Waals surface area (Å²) in [5.41, 5.74) is 0. The van der Waals surface area contributed by atoms with E-state index in [2.05, 4.69) is 10.6 Å². The zero-order valence-corrected chi connectivity index (χ0v) is 9.67. The van der Waals surface area contributed by atoms with Gasteiger partial charge in [-0.3, -0.25) is 0 Å². The first-order valence-corrected chi connectivity index (χ1v) is 5.76. The number of nitrogens with one attached hydrogen (secondary N) is 2. The lowest BCUT2D eigenvalue weighted by atomic mass is 10.2. The summed E-state index contributed by atoms with van der Waals surface area (Å²) in [6.45, 7) is 2.03. The van der Waals surface area contributed by atoms with E-state index in [9.17, 15) is 19.8 Å². The van der Waals surface area contributed by atoms with E-state index in [0.29, 0.717) is 26.2 Å². The van der Waals surface area contributed by atoms with E-state index in [0.717, 1.165) is 0 Å². The third-order valence-electron chi connectivity index (χ3n) is 2.84. The van der Waals surface area contributed by atoms with Crippen LogP contribution in [0.3, 0.4) is 0 Å². The van der Waals surface area contributed by atoms with E-state index in [-0.39, 0.29) is 12.2 Å². The van der Waals surface area contributed by atoms with E-state index in [1.54, 1.807) is 0 Å². The molecule has 4 N–H and O–H groups in total. The Hall–Kier alpha value is -1.22. The van der Waals surface area contributed by atoms with Crippen LogP contribution < -0.4 is 10.6 Å². The SMILES string of the molecule is O=C(OC1CNC1)C(O)C(O)C(=O)OC1CNC1. The van der Waals surface area contributed by atoms with Crippen LogP contribution in [0.2, 0.25) is 0 Å². The van der Waals surface area contributed by atoms with Gasteiger partial charge in [0.1, 0.15) is 12.2 Å². The van der Waals surface area contributed by atoms with Crippen molar-refractivity contribution in [3.8, 4) is 0 Å². The van der Waals surface area contributed by atoms with Crippen LogP contribution in [0.1, 0.15) is 0 Å². The molecule has 18 heavy (non-hydrogen) atoms. The van der Waals surface area contributed by atoms with Gasteiger partial charge in [0.05, 0.1) is 0 Å². The van der Waals surface area contributed by atoms with E-state index >= 15 is 0 Å². The Labute approximate surface area is 103 Å². The van der Waals surface area contributed by atoms with Crippen molar-refractivity contribution in [3.63, 3.8) is 0 Å². The summed E-state index contributed by atoms with van der Waals surface area (Å²) in [5.74, 6) is -2.03. The van der Waals surface area contributed by atoms with Crippen molar-refractivity contribution in [1.82, 2.24) is 10.6 Å². The predicted octanol–water partition coefficient (Wildman–Crippen LogP) is -3.26. The number of hydrogen-bond donors (Lipinski definition) is 4. The lowest BCUT2D eigenvalue weighted by Gasteiger charge is -2.29. The molecule has 2 aliphatic rings. The third-order valence-corrected chi connectivity index (χ3v) is 2.84. The Morgan fingerprint density at radius 2 is 1.22 bits per heavy atom. The topological polar surface area (TPSA) is 117 Å². The molecule has 0 aromatic heterocycles. The predicted molar refractivity (Wildman–Crippen MR) is 57.5 cm³/mol. The zero-order valence-electron chi connectivity index (χ0n) is 9.67. The first-order chi connectivity index (χ1) is 8.58. The maximum atomic E-state index is 11.4. The van der Waals surface area contributed by atoms with Gasteiger partial charge in [-0.2, -0.15) is 0 Å². The number of carbonyl (C=O) groups is 2. The number of hydrogen-bond acceptors (Lipinski definition) is 8. The van der Waals surface area contributed by atoms with E-state index < -0.39 is 24.1 Å². The van der Waals surface area contributed by atoms with E-state index in [1.165, 1.54) is 0 Å².